The first-order chi connectivity index (χ1) is 13.5. The Labute approximate surface area is 165 Å². The van der Waals surface area contributed by atoms with Gasteiger partial charge in [-0.1, -0.05) is 0 Å². The SMILES string of the molecule is CC(C)NC(=O)c1ccc(OCC2CCN(C(=O)c3ccncc3)CC2)cc1. The summed E-state index contributed by atoms with van der Waals surface area (Å²) in [5.74, 6) is 1.17. The Morgan fingerprint density at radius 3 is 2.32 bits per heavy atom. The van der Waals surface area contributed by atoms with E-state index >= 15 is 0 Å². The number of pyridine rings is 1. The van der Waals surface area contributed by atoms with Gasteiger partial charge in [-0.15, -0.1) is 0 Å². The zero-order valence-electron chi connectivity index (χ0n) is 16.4. The number of hydrogen-bond acceptors (Lipinski definition) is 4. The van der Waals surface area contributed by atoms with Crippen molar-refractivity contribution in [3.8, 4) is 5.75 Å². The molecule has 6 nitrogen and oxygen atoms in total. The number of carbonyl (C=O) groups excluding carboxylic acids is 2. The number of likely N-dealkylation sites (tertiary alicyclic amines) is 1. The number of benzene rings is 1. The van der Waals surface area contributed by atoms with Crippen LogP contribution in [-0.4, -0.2) is 47.4 Å². The lowest BCUT2D eigenvalue weighted by atomic mass is 9.97. The van der Waals surface area contributed by atoms with Gasteiger partial charge in [0.05, 0.1) is 6.61 Å². The number of aromatic nitrogens is 1. The lowest BCUT2D eigenvalue weighted by Crippen LogP contribution is -2.39. The van der Waals surface area contributed by atoms with Crippen LogP contribution in [0.5, 0.6) is 5.75 Å². The first-order valence-electron chi connectivity index (χ1n) is 9.76. The summed E-state index contributed by atoms with van der Waals surface area (Å²) in [6, 6.07) is 10.8. The zero-order chi connectivity index (χ0) is 19.9. The molecule has 28 heavy (non-hydrogen) atoms. The van der Waals surface area contributed by atoms with Crippen LogP contribution in [-0.2, 0) is 0 Å². The Hall–Kier alpha value is -2.89. The molecule has 1 aromatic carbocycles. The molecule has 1 aromatic heterocycles. The highest BCUT2D eigenvalue weighted by Crippen LogP contribution is 2.21. The van der Waals surface area contributed by atoms with Crippen molar-refractivity contribution in [2.45, 2.75) is 32.7 Å². The fourth-order valence-electron chi connectivity index (χ4n) is 3.24. The summed E-state index contributed by atoms with van der Waals surface area (Å²) in [7, 11) is 0. The summed E-state index contributed by atoms with van der Waals surface area (Å²) in [6.45, 7) is 5.97. The molecule has 0 bridgehead atoms. The number of amides is 2. The van der Waals surface area contributed by atoms with Crippen LogP contribution in [0.1, 0.15) is 47.4 Å². The predicted octanol–water partition coefficient (Wildman–Crippen LogP) is 3.15. The summed E-state index contributed by atoms with van der Waals surface area (Å²) < 4.78 is 5.90. The minimum atomic E-state index is -0.0761. The Balaban J connectivity index is 1.44. The van der Waals surface area contributed by atoms with Crippen LogP contribution in [0.4, 0.5) is 0 Å². The molecule has 0 atom stereocenters. The smallest absolute Gasteiger partial charge is 0.253 e. The molecule has 0 aliphatic carbocycles. The van der Waals surface area contributed by atoms with E-state index in [2.05, 4.69) is 10.3 Å². The van der Waals surface area contributed by atoms with Crippen LogP contribution in [0.15, 0.2) is 48.8 Å². The van der Waals surface area contributed by atoms with Gasteiger partial charge in [-0.25, -0.2) is 0 Å². The van der Waals surface area contributed by atoms with Gasteiger partial charge in [-0.3, -0.25) is 14.6 Å². The molecule has 1 N–H and O–H groups in total. The highest BCUT2D eigenvalue weighted by molar-refractivity contribution is 5.94. The van der Waals surface area contributed by atoms with Crippen LogP contribution in [0, 0.1) is 5.92 Å². The average molecular weight is 381 g/mol. The van der Waals surface area contributed by atoms with Crippen LogP contribution in [0.25, 0.3) is 0 Å². The van der Waals surface area contributed by atoms with Gasteiger partial charge in [0.2, 0.25) is 0 Å². The first kappa shape index (κ1) is 19.9. The maximum absolute atomic E-state index is 12.5. The largest absolute Gasteiger partial charge is 0.493 e. The zero-order valence-corrected chi connectivity index (χ0v) is 16.4. The topological polar surface area (TPSA) is 71.5 Å². The quantitative estimate of drug-likeness (QED) is 0.834. The second-order valence-electron chi connectivity index (χ2n) is 7.44. The molecule has 3 rings (SSSR count). The number of rotatable bonds is 6. The van der Waals surface area contributed by atoms with E-state index in [4.69, 9.17) is 4.74 Å². The van der Waals surface area contributed by atoms with E-state index < -0.39 is 0 Å². The molecule has 2 amide bonds. The van der Waals surface area contributed by atoms with Crippen molar-refractivity contribution in [3.63, 3.8) is 0 Å². The molecule has 6 heteroatoms. The van der Waals surface area contributed by atoms with E-state index in [0.29, 0.717) is 23.7 Å². The average Bonchev–Trinajstić information content (AvgIpc) is 2.72. The third-order valence-corrected chi connectivity index (χ3v) is 4.85. The maximum Gasteiger partial charge on any atom is 0.253 e. The standard InChI is InChI=1S/C22H27N3O3/c1-16(2)24-21(26)18-3-5-20(6-4-18)28-15-17-9-13-25(14-10-17)22(27)19-7-11-23-12-8-19/h3-8,11-12,16-17H,9-10,13-15H2,1-2H3,(H,24,26). The van der Waals surface area contributed by atoms with E-state index in [0.717, 1.165) is 31.7 Å². The summed E-state index contributed by atoms with van der Waals surface area (Å²) in [5, 5.41) is 2.87. The fraction of sp³-hybridized carbons (Fsp3) is 0.409. The molecule has 0 saturated carbocycles. The second kappa shape index (κ2) is 9.35. The molecular formula is C22H27N3O3. The lowest BCUT2D eigenvalue weighted by Gasteiger charge is -2.32. The maximum atomic E-state index is 12.5. The molecule has 0 spiro atoms. The number of nitrogens with one attached hydrogen (secondary N) is 1. The van der Waals surface area contributed by atoms with Crippen molar-refractivity contribution in [1.29, 1.82) is 0 Å². The summed E-state index contributed by atoms with van der Waals surface area (Å²) >= 11 is 0. The molecule has 148 valence electrons. The van der Waals surface area contributed by atoms with Gasteiger partial charge in [0.1, 0.15) is 5.75 Å². The van der Waals surface area contributed by atoms with Gasteiger partial charge in [-0.05, 0) is 69.0 Å². The van der Waals surface area contributed by atoms with Gasteiger partial charge >= 0.3 is 0 Å². The fourth-order valence-corrected chi connectivity index (χ4v) is 3.24. The minimum Gasteiger partial charge on any atom is -0.493 e. The van der Waals surface area contributed by atoms with Crippen molar-refractivity contribution in [2.75, 3.05) is 19.7 Å². The van der Waals surface area contributed by atoms with Gasteiger partial charge in [0, 0.05) is 42.7 Å². The molecule has 2 heterocycles. The number of nitrogens with zero attached hydrogens (tertiary/aromatic N) is 2. The third kappa shape index (κ3) is 5.31. The molecule has 1 fully saturated rings. The van der Waals surface area contributed by atoms with E-state index in [-0.39, 0.29) is 17.9 Å². The first-order valence-corrected chi connectivity index (χ1v) is 9.76. The van der Waals surface area contributed by atoms with Gasteiger partial charge in [0.15, 0.2) is 0 Å². The molecule has 0 radical (unpaired) electrons. The Bertz CT molecular complexity index is 782. The highest BCUT2D eigenvalue weighted by atomic mass is 16.5. The molecule has 1 aliphatic heterocycles. The summed E-state index contributed by atoms with van der Waals surface area (Å²) in [5.41, 5.74) is 1.32. The normalized spacial score (nSPS) is 14.8. The molecule has 2 aromatic rings. The van der Waals surface area contributed by atoms with E-state index in [1.807, 2.05) is 30.9 Å². The number of ether oxygens (including phenoxy) is 1. The van der Waals surface area contributed by atoms with Crippen molar-refractivity contribution in [3.05, 3.63) is 59.9 Å². The Morgan fingerprint density at radius 2 is 1.71 bits per heavy atom. The van der Waals surface area contributed by atoms with Crippen LogP contribution >= 0.6 is 0 Å². The van der Waals surface area contributed by atoms with Crippen LogP contribution in [0.3, 0.4) is 0 Å². The van der Waals surface area contributed by atoms with Crippen molar-refractivity contribution in [1.82, 2.24) is 15.2 Å². The lowest BCUT2D eigenvalue weighted by molar-refractivity contribution is 0.0660. The van der Waals surface area contributed by atoms with Crippen molar-refractivity contribution in [2.24, 2.45) is 5.92 Å². The molecule has 0 unspecified atom stereocenters. The van der Waals surface area contributed by atoms with Crippen molar-refractivity contribution >= 4 is 11.8 Å². The predicted molar refractivity (Wildman–Crippen MR) is 107 cm³/mol. The minimum absolute atomic E-state index is 0.0667. The second-order valence-corrected chi connectivity index (χ2v) is 7.44. The van der Waals surface area contributed by atoms with Gasteiger partial charge in [-0.2, -0.15) is 0 Å². The Morgan fingerprint density at radius 1 is 1.07 bits per heavy atom. The van der Waals surface area contributed by atoms with E-state index in [1.165, 1.54) is 0 Å². The Kier molecular flexibility index (Phi) is 6.63. The number of hydrogen-bond donors (Lipinski definition) is 1. The summed E-state index contributed by atoms with van der Waals surface area (Å²) in [4.78, 5) is 30.3. The highest BCUT2D eigenvalue weighted by Gasteiger charge is 2.24. The third-order valence-electron chi connectivity index (χ3n) is 4.85. The molecular weight excluding hydrogens is 354 g/mol. The number of piperidine rings is 1. The van der Waals surface area contributed by atoms with Crippen molar-refractivity contribution < 1.29 is 14.3 Å². The summed E-state index contributed by atoms with van der Waals surface area (Å²) in [6.07, 6.45) is 5.13. The molecule has 1 aliphatic rings. The van der Waals surface area contributed by atoms with Gasteiger partial charge < -0.3 is 15.0 Å². The van der Waals surface area contributed by atoms with Gasteiger partial charge in [0.25, 0.3) is 11.8 Å². The van der Waals surface area contributed by atoms with E-state index in [1.54, 1.807) is 36.7 Å². The van der Waals surface area contributed by atoms with E-state index in [9.17, 15) is 9.59 Å². The monoisotopic (exact) mass is 381 g/mol. The van der Waals surface area contributed by atoms with Crippen LogP contribution in [0.2, 0.25) is 0 Å². The molecule has 1 saturated heterocycles. The number of carbonyl (C=O) groups is 2. The van der Waals surface area contributed by atoms with Crippen LogP contribution < -0.4 is 10.1 Å².